The molecule has 1 aromatic heterocycles. The van der Waals surface area contributed by atoms with Gasteiger partial charge in [0.2, 0.25) is 0 Å². The van der Waals surface area contributed by atoms with Crippen LogP contribution in [0, 0.1) is 10.1 Å². The summed E-state index contributed by atoms with van der Waals surface area (Å²) in [7, 11) is 0. The Morgan fingerprint density at radius 1 is 1.19 bits per heavy atom. The van der Waals surface area contributed by atoms with E-state index in [9.17, 15) is 10.1 Å². The summed E-state index contributed by atoms with van der Waals surface area (Å²) in [5.74, 6) is 0. The summed E-state index contributed by atoms with van der Waals surface area (Å²) < 4.78 is 0. The number of hydrogen-bond acceptors (Lipinski definition) is 4. The first-order valence-electron chi connectivity index (χ1n) is 7.19. The van der Waals surface area contributed by atoms with Gasteiger partial charge in [-0.1, -0.05) is 32.0 Å². The van der Waals surface area contributed by atoms with Crippen molar-refractivity contribution >= 4 is 17.0 Å². The van der Waals surface area contributed by atoms with E-state index in [4.69, 9.17) is 0 Å². The molecule has 0 aliphatic carbocycles. The molecular weight excluding hydrogens is 284 g/mol. The molecule has 5 heteroatoms. The zero-order chi connectivity index (χ0) is 15.2. The number of non-ortho nitro benzene ring substituents is 1. The lowest BCUT2D eigenvalue weighted by Crippen LogP contribution is -2.25. The van der Waals surface area contributed by atoms with Gasteiger partial charge in [-0.2, -0.15) is 0 Å². The maximum Gasteiger partial charge on any atom is 0.269 e. The summed E-state index contributed by atoms with van der Waals surface area (Å²) in [6, 6.07) is 11.5. The van der Waals surface area contributed by atoms with E-state index in [1.54, 1.807) is 23.5 Å². The van der Waals surface area contributed by atoms with Crippen molar-refractivity contribution in [3.05, 3.63) is 62.3 Å². The highest BCUT2D eigenvalue weighted by Crippen LogP contribution is 2.28. The van der Waals surface area contributed by atoms with Gasteiger partial charge in [-0.15, -0.1) is 11.3 Å². The Balaban J connectivity index is 2.19. The van der Waals surface area contributed by atoms with Crippen molar-refractivity contribution in [2.45, 2.75) is 38.8 Å². The number of nitro groups is 1. The molecule has 4 nitrogen and oxygen atoms in total. The molecule has 0 spiro atoms. The number of nitro benzene ring substituents is 1. The molecule has 112 valence electrons. The molecule has 1 N–H and O–H groups in total. The second-order valence-corrected chi connectivity index (χ2v) is 5.94. The molecule has 2 aromatic rings. The third-order valence-electron chi connectivity index (χ3n) is 3.59. The van der Waals surface area contributed by atoms with Crippen LogP contribution in [0.1, 0.15) is 49.2 Å². The molecule has 2 atom stereocenters. The lowest BCUT2D eigenvalue weighted by molar-refractivity contribution is -0.384. The van der Waals surface area contributed by atoms with Crippen LogP contribution in [0.25, 0.3) is 0 Å². The molecule has 0 aliphatic heterocycles. The molecule has 0 amide bonds. The fourth-order valence-electron chi connectivity index (χ4n) is 2.44. The standard InChI is InChI=1S/C16H20N2O2S/c1-3-14(12-7-5-8-13(11-12)18(19)20)17-15(4-2)16-9-6-10-21-16/h5-11,14-15,17H,3-4H2,1-2H3. The van der Waals surface area contributed by atoms with Crippen molar-refractivity contribution in [3.8, 4) is 0 Å². The lowest BCUT2D eigenvalue weighted by Gasteiger charge is -2.24. The minimum absolute atomic E-state index is 0.122. The molecule has 0 saturated carbocycles. The van der Waals surface area contributed by atoms with E-state index in [0.717, 1.165) is 18.4 Å². The molecular formula is C16H20N2O2S. The monoisotopic (exact) mass is 304 g/mol. The molecule has 1 heterocycles. The zero-order valence-electron chi connectivity index (χ0n) is 12.3. The highest BCUT2D eigenvalue weighted by atomic mass is 32.1. The van der Waals surface area contributed by atoms with Crippen LogP contribution in [-0.4, -0.2) is 4.92 Å². The highest BCUT2D eigenvalue weighted by Gasteiger charge is 2.18. The number of nitrogens with zero attached hydrogens (tertiary/aromatic N) is 1. The summed E-state index contributed by atoms with van der Waals surface area (Å²) >= 11 is 1.74. The fourth-order valence-corrected chi connectivity index (χ4v) is 3.31. The highest BCUT2D eigenvalue weighted by molar-refractivity contribution is 7.10. The van der Waals surface area contributed by atoms with Crippen LogP contribution in [0.2, 0.25) is 0 Å². The smallest absolute Gasteiger partial charge is 0.269 e. The Bertz CT molecular complexity index is 584. The average Bonchev–Trinajstić information content (AvgIpc) is 3.03. The van der Waals surface area contributed by atoms with E-state index >= 15 is 0 Å². The topological polar surface area (TPSA) is 55.2 Å². The van der Waals surface area contributed by atoms with E-state index in [-0.39, 0.29) is 22.7 Å². The predicted octanol–water partition coefficient (Wildman–Crippen LogP) is 4.85. The molecule has 1 aromatic carbocycles. The SMILES string of the molecule is CCC(NC(CC)c1cccs1)c1cccc([N+](=O)[O-])c1. The maximum absolute atomic E-state index is 10.9. The summed E-state index contributed by atoms with van der Waals surface area (Å²) in [6.45, 7) is 4.25. The average molecular weight is 304 g/mol. The lowest BCUT2D eigenvalue weighted by atomic mass is 10.0. The number of nitrogens with one attached hydrogen (secondary N) is 1. The van der Waals surface area contributed by atoms with Crippen LogP contribution in [0.5, 0.6) is 0 Å². The second kappa shape index (κ2) is 7.33. The normalized spacial score (nSPS) is 13.8. The Hall–Kier alpha value is -1.72. The molecule has 0 aliphatic rings. The Morgan fingerprint density at radius 2 is 1.95 bits per heavy atom. The molecule has 21 heavy (non-hydrogen) atoms. The third kappa shape index (κ3) is 3.89. The largest absolute Gasteiger partial charge is 0.302 e. The first-order valence-corrected chi connectivity index (χ1v) is 8.07. The van der Waals surface area contributed by atoms with Crippen molar-refractivity contribution in [1.29, 1.82) is 0 Å². The van der Waals surface area contributed by atoms with Gasteiger partial charge in [0.25, 0.3) is 5.69 Å². The van der Waals surface area contributed by atoms with Crippen molar-refractivity contribution < 1.29 is 4.92 Å². The first kappa shape index (κ1) is 15.7. The third-order valence-corrected chi connectivity index (χ3v) is 4.57. The van der Waals surface area contributed by atoms with Gasteiger partial charge < -0.3 is 5.32 Å². The Labute approximate surface area is 129 Å². The molecule has 0 fully saturated rings. The molecule has 0 saturated heterocycles. The Morgan fingerprint density at radius 3 is 2.52 bits per heavy atom. The molecule has 2 rings (SSSR count). The van der Waals surface area contributed by atoms with E-state index in [0.29, 0.717) is 0 Å². The zero-order valence-corrected chi connectivity index (χ0v) is 13.1. The minimum atomic E-state index is -0.340. The van der Waals surface area contributed by atoms with E-state index < -0.39 is 0 Å². The number of hydrogen-bond donors (Lipinski definition) is 1. The van der Waals surface area contributed by atoms with Crippen LogP contribution in [0.3, 0.4) is 0 Å². The fraction of sp³-hybridized carbons (Fsp3) is 0.375. The van der Waals surface area contributed by atoms with Crippen LogP contribution >= 0.6 is 11.3 Å². The van der Waals surface area contributed by atoms with Gasteiger partial charge in [-0.05, 0) is 29.9 Å². The van der Waals surface area contributed by atoms with Crippen LogP contribution in [0.15, 0.2) is 41.8 Å². The first-order chi connectivity index (χ1) is 10.2. The van der Waals surface area contributed by atoms with Gasteiger partial charge in [0.15, 0.2) is 0 Å². The van der Waals surface area contributed by atoms with Crippen LogP contribution in [-0.2, 0) is 0 Å². The van der Waals surface area contributed by atoms with Gasteiger partial charge in [0.1, 0.15) is 0 Å². The Kier molecular flexibility index (Phi) is 5.47. The molecule has 0 bridgehead atoms. The molecule has 2 unspecified atom stereocenters. The van der Waals surface area contributed by atoms with Gasteiger partial charge in [0.05, 0.1) is 4.92 Å². The van der Waals surface area contributed by atoms with E-state index in [2.05, 4.69) is 36.7 Å². The number of rotatable bonds is 7. The van der Waals surface area contributed by atoms with Gasteiger partial charge in [-0.3, -0.25) is 10.1 Å². The second-order valence-electron chi connectivity index (χ2n) is 4.96. The number of thiophene rings is 1. The number of benzene rings is 1. The van der Waals surface area contributed by atoms with Crippen molar-refractivity contribution in [1.82, 2.24) is 5.32 Å². The van der Waals surface area contributed by atoms with Gasteiger partial charge in [0, 0.05) is 29.1 Å². The summed E-state index contributed by atoms with van der Waals surface area (Å²) in [4.78, 5) is 11.9. The van der Waals surface area contributed by atoms with Crippen molar-refractivity contribution in [2.75, 3.05) is 0 Å². The summed E-state index contributed by atoms with van der Waals surface area (Å²) in [5, 5.41) is 16.6. The summed E-state index contributed by atoms with van der Waals surface area (Å²) in [5.41, 5.74) is 1.12. The predicted molar refractivity (Wildman–Crippen MR) is 86.6 cm³/mol. The summed E-state index contributed by atoms with van der Waals surface area (Å²) in [6.07, 6.45) is 1.88. The minimum Gasteiger partial charge on any atom is -0.302 e. The maximum atomic E-state index is 10.9. The van der Waals surface area contributed by atoms with Crippen molar-refractivity contribution in [2.24, 2.45) is 0 Å². The molecule has 0 radical (unpaired) electrons. The quantitative estimate of drug-likeness (QED) is 0.587. The van der Waals surface area contributed by atoms with Gasteiger partial charge in [-0.25, -0.2) is 0 Å². The van der Waals surface area contributed by atoms with Gasteiger partial charge >= 0.3 is 0 Å². The van der Waals surface area contributed by atoms with E-state index in [1.807, 2.05) is 6.07 Å². The van der Waals surface area contributed by atoms with Crippen molar-refractivity contribution in [3.63, 3.8) is 0 Å². The van der Waals surface area contributed by atoms with E-state index in [1.165, 1.54) is 10.9 Å². The van der Waals surface area contributed by atoms with Crippen LogP contribution in [0.4, 0.5) is 5.69 Å². The van der Waals surface area contributed by atoms with Crippen LogP contribution < -0.4 is 5.32 Å².